The van der Waals surface area contributed by atoms with Crippen LogP contribution in [0.15, 0.2) is 36.4 Å². The van der Waals surface area contributed by atoms with Gasteiger partial charge in [0, 0.05) is 31.1 Å². The first-order chi connectivity index (χ1) is 24.4. The van der Waals surface area contributed by atoms with Crippen molar-refractivity contribution in [2.24, 2.45) is 5.41 Å². The first kappa shape index (κ1) is 41.5. The van der Waals surface area contributed by atoms with Gasteiger partial charge in [-0.3, -0.25) is 9.59 Å². The third kappa shape index (κ3) is 9.63. The molecular weight excluding hydrogens is 658 g/mol. The number of hydrogen-bond acceptors (Lipinski definition) is 8. The molecule has 4 N–H and O–H groups in total. The van der Waals surface area contributed by atoms with Crippen molar-refractivity contribution in [3.63, 3.8) is 0 Å². The SMILES string of the molecule is CCC(C)c1cc(OC)c(C2OC(CO)CC(O)C2O)cc1Cc1ccc(C=CC(C)(C)C(=O)NC(C)(C)C(=O)N2CCC(N(C)C)CC2)cc1C. The number of piperidine rings is 1. The van der Waals surface area contributed by atoms with Gasteiger partial charge >= 0.3 is 0 Å². The molecule has 2 aliphatic rings. The van der Waals surface area contributed by atoms with Gasteiger partial charge in [-0.15, -0.1) is 0 Å². The molecule has 0 aliphatic carbocycles. The molecule has 0 aromatic heterocycles. The fourth-order valence-corrected chi connectivity index (χ4v) is 7.30. The Labute approximate surface area is 311 Å². The molecule has 4 rings (SSSR count). The molecule has 0 saturated carbocycles. The van der Waals surface area contributed by atoms with Crippen molar-refractivity contribution in [1.29, 1.82) is 0 Å². The average molecular weight is 722 g/mol. The van der Waals surface area contributed by atoms with Crippen LogP contribution < -0.4 is 10.1 Å². The van der Waals surface area contributed by atoms with Crippen LogP contribution in [0.1, 0.15) is 113 Å². The number of benzene rings is 2. The van der Waals surface area contributed by atoms with Gasteiger partial charge in [0.05, 0.1) is 31.3 Å². The second kappa shape index (κ2) is 17.2. The van der Waals surface area contributed by atoms with Crippen molar-refractivity contribution in [3.05, 3.63) is 69.8 Å². The second-order valence-corrected chi connectivity index (χ2v) is 16.2. The lowest BCUT2D eigenvalue weighted by Crippen LogP contribution is -2.59. The van der Waals surface area contributed by atoms with E-state index in [1.165, 1.54) is 0 Å². The predicted molar refractivity (Wildman–Crippen MR) is 205 cm³/mol. The van der Waals surface area contributed by atoms with E-state index in [4.69, 9.17) is 9.47 Å². The summed E-state index contributed by atoms with van der Waals surface area (Å²) < 4.78 is 11.9. The molecule has 2 saturated heterocycles. The minimum atomic E-state index is -1.16. The number of nitrogens with zero attached hydrogens (tertiary/aromatic N) is 2. The third-order valence-electron chi connectivity index (χ3n) is 11.2. The summed E-state index contributed by atoms with van der Waals surface area (Å²) in [6, 6.07) is 10.8. The predicted octanol–water partition coefficient (Wildman–Crippen LogP) is 5.14. The Balaban J connectivity index is 1.51. The van der Waals surface area contributed by atoms with Crippen LogP contribution >= 0.6 is 0 Å². The lowest BCUT2D eigenvalue weighted by atomic mass is 9.85. The highest BCUT2D eigenvalue weighted by atomic mass is 16.5. The summed E-state index contributed by atoms with van der Waals surface area (Å²) in [5, 5.41) is 34.3. The average Bonchev–Trinajstić information content (AvgIpc) is 3.11. The van der Waals surface area contributed by atoms with Crippen LogP contribution in [0.3, 0.4) is 0 Å². The number of hydrogen-bond donors (Lipinski definition) is 4. The van der Waals surface area contributed by atoms with E-state index in [1.807, 2.05) is 49.1 Å². The largest absolute Gasteiger partial charge is 0.496 e. The fraction of sp³-hybridized carbons (Fsp3) is 0.619. The first-order valence-corrected chi connectivity index (χ1v) is 18.8. The molecule has 52 heavy (non-hydrogen) atoms. The van der Waals surface area contributed by atoms with E-state index in [1.54, 1.807) is 21.0 Å². The van der Waals surface area contributed by atoms with Crippen molar-refractivity contribution >= 4 is 17.9 Å². The van der Waals surface area contributed by atoms with Crippen LogP contribution in [-0.4, -0.2) is 108 Å². The van der Waals surface area contributed by atoms with Gasteiger partial charge in [0.25, 0.3) is 0 Å². The van der Waals surface area contributed by atoms with Gasteiger partial charge in [-0.1, -0.05) is 44.2 Å². The van der Waals surface area contributed by atoms with Crippen molar-refractivity contribution < 1.29 is 34.4 Å². The number of aliphatic hydroxyl groups is 3. The lowest BCUT2D eigenvalue weighted by Gasteiger charge is -2.39. The van der Waals surface area contributed by atoms with E-state index >= 15 is 0 Å². The van der Waals surface area contributed by atoms with Gasteiger partial charge < -0.3 is 39.9 Å². The molecule has 0 bridgehead atoms. The number of nitrogens with one attached hydrogen (secondary N) is 1. The van der Waals surface area contributed by atoms with Gasteiger partial charge in [-0.2, -0.15) is 0 Å². The molecule has 2 heterocycles. The quantitative estimate of drug-likeness (QED) is 0.224. The topological polar surface area (TPSA) is 132 Å². The smallest absolute Gasteiger partial charge is 0.247 e. The molecular formula is C42H63N3O7. The number of carbonyl (C=O) groups excluding carboxylic acids is 2. The highest BCUT2D eigenvalue weighted by Crippen LogP contribution is 2.40. The number of carbonyl (C=O) groups is 2. The summed E-state index contributed by atoms with van der Waals surface area (Å²) >= 11 is 0. The van der Waals surface area contributed by atoms with Crippen molar-refractivity contribution in [2.75, 3.05) is 40.9 Å². The number of ether oxygens (including phenoxy) is 2. The minimum absolute atomic E-state index is 0.0566. The Morgan fingerprint density at radius 2 is 1.77 bits per heavy atom. The summed E-state index contributed by atoms with van der Waals surface area (Å²) in [4.78, 5) is 31.0. The van der Waals surface area contributed by atoms with Crippen molar-refractivity contribution in [1.82, 2.24) is 15.1 Å². The number of likely N-dealkylation sites (tertiary alicyclic amines) is 1. The molecule has 5 unspecified atom stereocenters. The van der Waals surface area contributed by atoms with E-state index < -0.39 is 35.4 Å². The number of aliphatic hydroxyl groups excluding tert-OH is 3. The zero-order valence-electron chi connectivity index (χ0n) is 33.0. The van der Waals surface area contributed by atoms with Crippen LogP contribution in [0.2, 0.25) is 0 Å². The molecule has 2 fully saturated rings. The Bertz CT molecular complexity index is 1580. The number of methoxy groups -OCH3 is 1. The molecule has 288 valence electrons. The lowest BCUT2D eigenvalue weighted by molar-refractivity contribution is -0.180. The Morgan fingerprint density at radius 3 is 2.35 bits per heavy atom. The van der Waals surface area contributed by atoms with E-state index in [9.17, 15) is 24.9 Å². The van der Waals surface area contributed by atoms with Gasteiger partial charge in [-0.05, 0) is 120 Å². The molecule has 2 aromatic carbocycles. The van der Waals surface area contributed by atoms with E-state index in [0.29, 0.717) is 36.9 Å². The van der Waals surface area contributed by atoms with Crippen molar-refractivity contribution in [3.8, 4) is 5.75 Å². The Kier molecular flexibility index (Phi) is 13.8. The van der Waals surface area contributed by atoms with Crippen LogP contribution in [0.5, 0.6) is 5.75 Å². The molecule has 10 heteroatoms. The standard InChI is InChI=1S/C42H63N3O7/c1-11-26(2)33-24-36(51-10)34(38-37(48)35(47)23-32(25-46)52-38)22-30(33)21-29-13-12-28(20-27(29)3)14-17-41(4,5)39(49)43-42(6,7)40(50)45-18-15-31(16-19-45)44(8)9/h12-14,17,20,22,24,26,31-32,35,37-38,46-48H,11,15-16,18-19,21,23,25H2,1-10H3,(H,43,49). The highest BCUT2D eigenvalue weighted by Gasteiger charge is 2.40. The molecule has 0 radical (unpaired) electrons. The summed E-state index contributed by atoms with van der Waals surface area (Å²) in [7, 11) is 5.73. The molecule has 2 aromatic rings. The molecule has 10 nitrogen and oxygen atoms in total. The minimum Gasteiger partial charge on any atom is -0.496 e. The summed E-state index contributed by atoms with van der Waals surface area (Å²) in [5.41, 5.74) is 4.15. The molecule has 2 aliphatic heterocycles. The maximum absolute atomic E-state index is 13.5. The second-order valence-electron chi connectivity index (χ2n) is 16.2. The Morgan fingerprint density at radius 1 is 1.10 bits per heavy atom. The summed E-state index contributed by atoms with van der Waals surface area (Å²) in [6.45, 7) is 14.8. The molecule has 2 amide bonds. The van der Waals surface area contributed by atoms with Crippen LogP contribution in [0.4, 0.5) is 0 Å². The summed E-state index contributed by atoms with van der Waals surface area (Å²) in [5.74, 6) is 0.558. The zero-order valence-corrected chi connectivity index (χ0v) is 33.0. The Hall–Kier alpha value is -3.28. The molecule has 0 spiro atoms. The number of rotatable bonds is 13. The number of aryl methyl sites for hydroxylation is 1. The van der Waals surface area contributed by atoms with Gasteiger partial charge in [0.15, 0.2) is 0 Å². The normalized spacial score (nSPS) is 22.5. The summed E-state index contributed by atoms with van der Waals surface area (Å²) in [6.07, 6.45) is 3.79. The first-order valence-electron chi connectivity index (χ1n) is 18.8. The highest BCUT2D eigenvalue weighted by molar-refractivity contribution is 5.93. The van der Waals surface area contributed by atoms with Gasteiger partial charge in [-0.25, -0.2) is 0 Å². The van der Waals surface area contributed by atoms with E-state index in [-0.39, 0.29) is 30.8 Å². The monoisotopic (exact) mass is 721 g/mol. The maximum Gasteiger partial charge on any atom is 0.247 e. The zero-order chi connectivity index (χ0) is 38.5. The van der Waals surface area contributed by atoms with Gasteiger partial charge in [0.1, 0.15) is 23.5 Å². The van der Waals surface area contributed by atoms with Crippen LogP contribution in [-0.2, 0) is 20.7 Å². The van der Waals surface area contributed by atoms with E-state index in [0.717, 1.165) is 47.1 Å². The van der Waals surface area contributed by atoms with Crippen molar-refractivity contribution in [2.45, 2.75) is 122 Å². The van der Waals surface area contributed by atoms with E-state index in [2.05, 4.69) is 57.2 Å². The van der Waals surface area contributed by atoms with Gasteiger partial charge in [0.2, 0.25) is 11.8 Å². The molecule has 5 atom stereocenters. The fourth-order valence-electron chi connectivity index (χ4n) is 7.30. The van der Waals surface area contributed by atoms with Crippen LogP contribution in [0, 0.1) is 12.3 Å². The number of amides is 2. The third-order valence-corrected chi connectivity index (χ3v) is 11.2. The maximum atomic E-state index is 13.5. The van der Waals surface area contributed by atoms with Crippen LogP contribution in [0.25, 0.3) is 6.08 Å².